The van der Waals surface area contributed by atoms with Crippen molar-refractivity contribution in [3.8, 4) is 0 Å². The molecule has 2 heterocycles. The van der Waals surface area contributed by atoms with Crippen molar-refractivity contribution in [2.45, 2.75) is 10.3 Å². The average molecular weight is 240 g/mol. The van der Waals surface area contributed by atoms with Gasteiger partial charge in [0.2, 0.25) is 0 Å². The number of aromatic amines is 1. The summed E-state index contributed by atoms with van der Waals surface area (Å²) in [5.41, 5.74) is 0. The van der Waals surface area contributed by atoms with Crippen LogP contribution in [0, 0.1) is 0 Å². The Morgan fingerprint density at radius 2 is 2.13 bits per heavy atom. The number of imidazole rings is 2. The Morgan fingerprint density at radius 3 is 2.80 bits per heavy atom. The molecule has 0 spiro atoms. The third-order valence-electron chi connectivity index (χ3n) is 1.80. The number of nitrogens with zero attached hydrogens (tertiary/aromatic N) is 3. The van der Waals surface area contributed by atoms with E-state index in [1.54, 1.807) is 29.7 Å². The first-order valence-electron chi connectivity index (χ1n) is 4.58. The Kier molecular flexibility index (Phi) is 3.74. The molecular formula is C9H12N4S2. The van der Waals surface area contributed by atoms with Crippen molar-refractivity contribution in [1.29, 1.82) is 0 Å². The number of hydrogen-bond donors (Lipinski definition) is 1. The molecule has 15 heavy (non-hydrogen) atoms. The lowest BCUT2D eigenvalue weighted by Gasteiger charge is -2.00. The SMILES string of the molecule is Cn1ccnc1SCCSc1ncc[nH]1. The molecular weight excluding hydrogens is 228 g/mol. The van der Waals surface area contributed by atoms with Crippen LogP contribution in [0.15, 0.2) is 35.1 Å². The van der Waals surface area contributed by atoms with Gasteiger partial charge in [-0.1, -0.05) is 23.5 Å². The predicted octanol–water partition coefficient (Wildman–Crippen LogP) is 2.03. The van der Waals surface area contributed by atoms with Crippen molar-refractivity contribution in [2.75, 3.05) is 11.5 Å². The number of aryl methyl sites for hydroxylation is 1. The van der Waals surface area contributed by atoms with E-state index >= 15 is 0 Å². The molecule has 0 unspecified atom stereocenters. The Balaban J connectivity index is 1.70. The van der Waals surface area contributed by atoms with Crippen LogP contribution in [0.4, 0.5) is 0 Å². The van der Waals surface area contributed by atoms with Gasteiger partial charge in [0.25, 0.3) is 0 Å². The molecule has 0 radical (unpaired) electrons. The highest BCUT2D eigenvalue weighted by atomic mass is 32.2. The number of hydrogen-bond acceptors (Lipinski definition) is 4. The Bertz CT molecular complexity index is 396. The van der Waals surface area contributed by atoms with E-state index in [9.17, 15) is 0 Å². The highest BCUT2D eigenvalue weighted by Gasteiger charge is 2.00. The van der Waals surface area contributed by atoms with Crippen molar-refractivity contribution >= 4 is 23.5 Å². The molecule has 0 saturated heterocycles. The van der Waals surface area contributed by atoms with Crippen LogP contribution in [0.25, 0.3) is 0 Å². The molecule has 6 heteroatoms. The third-order valence-corrected chi connectivity index (χ3v) is 4.03. The number of rotatable bonds is 5. The third kappa shape index (κ3) is 3.04. The number of H-pyrrole nitrogens is 1. The molecule has 0 aliphatic carbocycles. The second-order valence-corrected chi connectivity index (χ2v) is 5.06. The summed E-state index contributed by atoms with van der Waals surface area (Å²) in [5, 5.41) is 2.05. The smallest absolute Gasteiger partial charge is 0.167 e. The zero-order valence-corrected chi connectivity index (χ0v) is 10.0. The van der Waals surface area contributed by atoms with Gasteiger partial charge in [0.15, 0.2) is 10.3 Å². The lowest BCUT2D eigenvalue weighted by molar-refractivity contribution is 0.790. The highest BCUT2D eigenvalue weighted by molar-refractivity contribution is 8.02. The van der Waals surface area contributed by atoms with E-state index in [1.165, 1.54) is 0 Å². The Hall–Kier alpha value is -0.880. The van der Waals surface area contributed by atoms with Gasteiger partial charge in [-0.2, -0.15) is 0 Å². The van der Waals surface area contributed by atoms with Gasteiger partial charge in [0.1, 0.15) is 0 Å². The molecule has 80 valence electrons. The van der Waals surface area contributed by atoms with E-state index in [0.717, 1.165) is 21.8 Å². The highest BCUT2D eigenvalue weighted by Crippen LogP contribution is 2.18. The van der Waals surface area contributed by atoms with Gasteiger partial charge in [-0.3, -0.25) is 0 Å². The van der Waals surface area contributed by atoms with Crippen LogP contribution in [-0.2, 0) is 7.05 Å². The fraction of sp³-hybridized carbons (Fsp3) is 0.333. The van der Waals surface area contributed by atoms with Crippen LogP contribution >= 0.6 is 23.5 Å². The molecule has 1 N–H and O–H groups in total. The van der Waals surface area contributed by atoms with Crippen LogP contribution < -0.4 is 0 Å². The lowest BCUT2D eigenvalue weighted by atomic mass is 10.9. The average Bonchev–Trinajstić information content (AvgIpc) is 2.85. The van der Waals surface area contributed by atoms with Gasteiger partial charge in [-0.05, 0) is 0 Å². The molecule has 0 amide bonds. The molecule has 0 aromatic carbocycles. The maximum absolute atomic E-state index is 4.24. The molecule has 2 aromatic rings. The minimum absolute atomic E-state index is 0.982. The maximum Gasteiger partial charge on any atom is 0.167 e. The summed E-state index contributed by atoms with van der Waals surface area (Å²) in [7, 11) is 2.01. The van der Waals surface area contributed by atoms with Crippen LogP contribution in [0.2, 0.25) is 0 Å². The molecule has 0 fully saturated rings. The summed E-state index contributed by atoms with van der Waals surface area (Å²) in [6.07, 6.45) is 7.40. The molecule has 2 aromatic heterocycles. The molecule has 0 saturated carbocycles. The van der Waals surface area contributed by atoms with Gasteiger partial charge < -0.3 is 9.55 Å². The zero-order valence-electron chi connectivity index (χ0n) is 8.38. The molecule has 2 rings (SSSR count). The first kappa shape index (κ1) is 10.6. The van der Waals surface area contributed by atoms with E-state index in [-0.39, 0.29) is 0 Å². The second-order valence-electron chi connectivity index (χ2n) is 2.91. The quantitative estimate of drug-likeness (QED) is 0.641. The first-order valence-corrected chi connectivity index (χ1v) is 6.55. The summed E-state index contributed by atoms with van der Waals surface area (Å²) < 4.78 is 2.03. The van der Waals surface area contributed by atoms with Crippen LogP contribution in [0.1, 0.15) is 0 Å². The van der Waals surface area contributed by atoms with E-state index in [1.807, 2.05) is 30.2 Å². The Morgan fingerprint density at radius 1 is 1.27 bits per heavy atom. The van der Waals surface area contributed by atoms with E-state index in [0.29, 0.717) is 0 Å². The molecule has 0 bridgehead atoms. The van der Waals surface area contributed by atoms with Gasteiger partial charge >= 0.3 is 0 Å². The topological polar surface area (TPSA) is 46.5 Å². The number of thioether (sulfide) groups is 2. The predicted molar refractivity (Wildman–Crippen MR) is 63.2 cm³/mol. The normalized spacial score (nSPS) is 10.7. The first-order chi connectivity index (χ1) is 7.36. The van der Waals surface area contributed by atoms with Gasteiger partial charge in [-0.15, -0.1) is 0 Å². The fourth-order valence-electron chi connectivity index (χ4n) is 1.09. The van der Waals surface area contributed by atoms with Crippen molar-refractivity contribution in [1.82, 2.24) is 19.5 Å². The molecule has 0 aliphatic rings. The van der Waals surface area contributed by atoms with Crippen molar-refractivity contribution in [3.05, 3.63) is 24.8 Å². The molecule has 0 aliphatic heterocycles. The Labute approximate surface area is 96.9 Å². The standard InChI is InChI=1S/C9H12N4S2/c1-13-5-4-12-9(13)15-7-6-14-8-10-2-3-11-8/h2-5H,6-7H2,1H3,(H,10,11). The summed E-state index contributed by atoms with van der Waals surface area (Å²) in [6, 6.07) is 0. The van der Waals surface area contributed by atoms with Gasteiger partial charge in [-0.25, -0.2) is 9.97 Å². The van der Waals surface area contributed by atoms with Crippen molar-refractivity contribution in [3.63, 3.8) is 0 Å². The van der Waals surface area contributed by atoms with Crippen LogP contribution in [-0.4, -0.2) is 31.0 Å². The number of aromatic nitrogens is 4. The largest absolute Gasteiger partial charge is 0.340 e. The monoisotopic (exact) mass is 240 g/mol. The number of nitrogens with one attached hydrogen (secondary N) is 1. The summed E-state index contributed by atoms with van der Waals surface area (Å²) in [6.45, 7) is 0. The van der Waals surface area contributed by atoms with E-state index in [4.69, 9.17) is 0 Å². The minimum atomic E-state index is 0.982. The van der Waals surface area contributed by atoms with E-state index in [2.05, 4.69) is 15.0 Å². The minimum Gasteiger partial charge on any atom is -0.340 e. The second kappa shape index (κ2) is 5.27. The van der Waals surface area contributed by atoms with Crippen molar-refractivity contribution < 1.29 is 0 Å². The summed E-state index contributed by atoms with van der Waals surface area (Å²) in [4.78, 5) is 11.5. The lowest BCUT2D eigenvalue weighted by Crippen LogP contribution is -1.92. The van der Waals surface area contributed by atoms with E-state index < -0.39 is 0 Å². The summed E-state index contributed by atoms with van der Waals surface area (Å²) >= 11 is 3.50. The van der Waals surface area contributed by atoms with Crippen molar-refractivity contribution in [2.24, 2.45) is 7.05 Å². The zero-order chi connectivity index (χ0) is 10.5. The van der Waals surface area contributed by atoms with Crippen LogP contribution in [0.3, 0.4) is 0 Å². The molecule has 4 nitrogen and oxygen atoms in total. The fourth-order valence-corrected chi connectivity index (χ4v) is 2.82. The van der Waals surface area contributed by atoms with Crippen LogP contribution in [0.5, 0.6) is 0 Å². The van der Waals surface area contributed by atoms with Gasteiger partial charge in [0.05, 0.1) is 0 Å². The summed E-state index contributed by atoms with van der Waals surface area (Å²) in [5.74, 6) is 2.07. The van der Waals surface area contributed by atoms with Gasteiger partial charge in [0, 0.05) is 43.3 Å². The maximum atomic E-state index is 4.24. The molecule has 0 atom stereocenters.